The Balaban J connectivity index is 1.66. The van der Waals surface area contributed by atoms with Gasteiger partial charge in [0.15, 0.2) is 8.24 Å². The Kier molecular flexibility index (Phi) is 7.10. The van der Waals surface area contributed by atoms with Crippen LogP contribution in [0.1, 0.15) is 41.5 Å². The number of benzene rings is 2. The van der Waals surface area contributed by atoms with Crippen LogP contribution in [0.3, 0.4) is 0 Å². The van der Waals surface area contributed by atoms with Gasteiger partial charge in [0.05, 0.1) is 4.90 Å². The van der Waals surface area contributed by atoms with Gasteiger partial charge in [-0.05, 0) is 70.7 Å². The molecule has 8 heteroatoms. The molecule has 1 aliphatic rings. The predicted octanol–water partition coefficient (Wildman–Crippen LogP) is 5.88. The number of hydrogen-bond acceptors (Lipinski definition) is 4. The lowest BCUT2D eigenvalue weighted by atomic mass is 10.2. The van der Waals surface area contributed by atoms with Crippen LogP contribution in [0, 0.1) is 0 Å². The van der Waals surface area contributed by atoms with Crippen molar-refractivity contribution in [3.63, 3.8) is 0 Å². The van der Waals surface area contributed by atoms with E-state index in [2.05, 4.69) is 62.9 Å². The molecule has 35 heavy (non-hydrogen) atoms. The Bertz CT molecular complexity index is 1250. The summed E-state index contributed by atoms with van der Waals surface area (Å²) in [5.41, 5.74) is 3.59. The lowest BCUT2D eigenvalue weighted by molar-refractivity contribution is 0.385. The Labute approximate surface area is 211 Å². The molecule has 0 bridgehead atoms. The molecule has 2 heterocycles. The monoisotopic (exact) mass is 513 g/mol. The first-order valence-corrected chi connectivity index (χ1v) is 16.3. The number of piperazine rings is 1. The lowest BCUT2D eigenvalue weighted by Gasteiger charge is -2.44. The first kappa shape index (κ1) is 25.8. The Hall–Kier alpha value is -2.29. The van der Waals surface area contributed by atoms with Crippen LogP contribution in [-0.2, 0) is 10.0 Å². The third-order valence-electron chi connectivity index (χ3n) is 7.95. The van der Waals surface area contributed by atoms with Gasteiger partial charge in [-0.1, -0.05) is 47.6 Å². The minimum Gasteiger partial charge on any atom is -0.508 e. The van der Waals surface area contributed by atoms with Crippen LogP contribution in [0.4, 0.5) is 5.69 Å². The second-order valence-corrected chi connectivity index (χ2v) is 18.3. The summed E-state index contributed by atoms with van der Waals surface area (Å²) < 4.78 is 31.4. The first-order valence-electron chi connectivity index (χ1n) is 12.6. The van der Waals surface area contributed by atoms with Crippen molar-refractivity contribution in [1.82, 2.24) is 8.54 Å². The third-order valence-corrected chi connectivity index (χ3v) is 16.6. The molecule has 0 radical (unpaired) electrons. The van der Waals surface area contributed by atoms with Crippen molar-refractivity contribution in [2.75, 3.05) is 31.1 Å². The van der Waals surface area contributed by atoms with Gasteiger partial charge in [-0.25, -0.2) is 8.42 Å². The van der Waals surface area contributed by atoms with E-state index in [9.17, 15) is 13.5 Å². The number of aromatic hydroxyl groups is 1. The highest BCUT2D eigenvalue weighted by Gasteiger charge is 2.45. The molecule has 1 aromatic heterocycles. The van der Waals surface area contributed by atoms with Gasteiger partial charge >= 0.3 is 0 Å². The van der Waals surface area contributed by atoms with E-state index in [4.69, 9.17) is 0 Å². The molecule has 4 rings (SSSR count). The number of nitrogens with zero attached hydrogens (tertiary/aromatic N) is 3. The van der Waals surface area contributed by atoms with Gasteiger partial charge < -0.3 is 14.2 Å². The maximum atomic E-state index is 13.7. The van der Waals surface area contributed by atoms with Crippen molar-refractivity contribution >= 4 is 34.8 Å². The van der Waals surface area contributed by atoms with Gasteiger partial charge in [-0.2, -0.15) is 4.31 Å². The number of sulfonamides is 1. The molecule has 0 aliphatic carbocycles. The van der Waals surface area contributed by atoms with E-state index in [1.54, 1.807) is 22.5 Å². The third kappa shape index (κ3) is 4.40. The van der Waals surface area contributed by atoms with Gasteiger partial charge in [0.25, 0.3) is 0 Å². The summed E-state index contributed by atoms with van der Waals surface area (Å²) in [6.45, 7) is 16.1. The number of phenolic OH excluding ortho intramolecular Hbond substituents is 1. The van der Waals surface area contributed by atoms with Crippen LogP contribution in [0.5, 0.6) is 5.75 Å². The van der Waals surface area contributed by atoms with E-state index >= 15 is 0 Å². The number of anilines is 1. The zero-order valence-corrected chi connectivity index (χ0v) is 23.6. The van der Waals surface area contributed by atoms with Crippen LogP contribution in [0.15, 0.2) is 59.6 Å². The fourth-order valence-corrected chi connectivity index (χ4v) is 14.5. The SMILES string of the molecule is CC(C)[Si](C(C)C)(C(C)C)n1ccc2ccc(S(=O)(=O)N3CCN(c4ccc(O)cc4)CC3)cc21. The van der Waals surface area contributed by atoms with Crippen molar-refractivity contribution in [3.8, 4) is 5.75 Å². The van der Waals surface area contributed by atoms with Crippen LogP contribution >= 0.6 is 0 Å². The molecule has 190 valence electrons. The summed E-state index contributed by atoms with van der Waals surface area (Å²) in [5.74, 6) is 0.231. The quantitative estimate of drug-likeness (QED) is 0.401. The minimum absolute atomic E-state index is 0.231. The fourth-order valence-electron chi connectivity index (χ4n) is 6.44. The zero-order chi connectivity index (χ0) is 25.5. The topological polar surface area (TPSA) is 65.8 Å². The van der Waals surface area contributed by atoms with Gasteiger partial charge in [0, 0.05) is 37.4 Å². The molecule has 1 saturated heterocycles. The average molecular weight is 514 g/mol. The molecule has 1 aliphatic heterocycles. The molecular formula is C27H39N3O3SSi. The highest BCUT2D eigenvalue weighted by Crippen LogP contribution is 2.44. The van der Waals surface area contributed by atoms with E-state index in [1.807, 2.05) is 24.3 Å². The van der Waals surface area contributed by atoms with Crippen LogP contribution in [0.2, 0.25) is 16.6 Å². The van der Waals surface area contributed by atoms with E-state index in [0.29, 0.717) is 47.7 Å². The van der Waals surface area contributed by atoms with Crippen LogP contribution < -0.4 is 4.90 Å². The average Bonchev–Trinajstić information content (AvgIpc) is 3.23. The van der Waals surface area contributed by atoms with Gasteiger partial charge in [0.2, 0.25) is 10.0 Å². The molecule has 0 atom stereocenters. The second kappa shape index (κ2) is 9.63. The number of fused-ring (bicyclic) bond motifs is 1. The summed E-state index contributed by atoms with van der Waals surface area (Å²) >= 11 is 0. The largest absolute Gasteiger partial charge is 0.508 e. The summed E-state index contributed by atoms with van der Waals surface area (Å²) in [5, 5.41) is 10.6. The molecule has 0 amide bonds. The van der Waals surface area contributed by atoms with Crippen molar-refractivity contribution in [3.05, 3.63) is 54.7 Å². The van der Waals surface area contributed by atoms with Crippen LogP contribution in [0.25, 0.3) is 10.9 Å². The van der Waals surface area contributed by atoms with Crippen molar-refractivity contribution < 1.29 is 13.5 Å². The van der Waals surface area contributed by atoms with E-state index in [0.717, 1.165) is 16.6 Å². The Morgan fingerprint density at radius 1 is 0.800 bits per heavy atom. The fraction of sp³-hybridized carbons (Fsp3) is 0.481. The predicted molar refractivity (Wildman–Crippen MR) is 147 cm³/mol. The summed E-state index contributed by atoms with van der Waals surface area (Å²) in [6, 6.07) is 14.8. The summed E-state index contributed by atoms with van der Waals surface area (Å²) in [6.07, 6.45) is 2.20. The molecule has 1 N–H and O–H groups in total. The number of aromatic nitrogens is 1. The normalized spacial score (nSPS) is 16.2. The minimum atomic E-state index is -3.60. The molecule has 2 aromatic carbocycles. The molecule has 3 aromatic rings. The van der Waals surface area contributed by atoms with E-state index in [-0.39, 0.29) is 5.75 Å². The lowest BCUT2D eigenvalue weighted by Crippen LogP contribution is -2.51. The number of hydrogen-bond donors (Lipinski definition) is 1. The van der Waals surface area contributed by atoms with Gasteiger partial charge in [-0.15, -0.1) is 0 Å². The maximum Gasteiger partial charge on any atom is 0.243 e. The smallest absolute Gasteiger partial charge is 0.243 e. The summed E-state index contributed by atoms with van der Waals surface area (Å²) in [4.78, 5) is 2.54. The van der Waals surface area contributed by atoms with Gasteiger partial charge in [-0.3, -0.25) is 0 Å². The van der Waals surface area contributed by atoms with Crippen LogP contribution in [-0.4, -0.2) is 56.5 Å². The first-order chi connectivity index (χ1) is 16.5. The van der Waals surface area contributed by atoms with Crippen molar-refractivity contribution in [2.45, 2.75) is 63.1 Å². The standard InChI is InChI=1S/C27H39N3O3SSi/c1-20(2)35(21(3)4,22(5)6)30-14-13-23-7-12-26(19-27(23)30)34(32,33)29-17-15-28(16-18-29)24-8-10-25(31)11-9-24/h7-14,19-22,31H,15-18H2,1-6H3. The van der Waals surface area contributed by atoms with E-state index < -0.39 is 18.3 Å². The zero-order valence-electron chi connectivity index (χ0n) is 21.8. The van der Waals surface area contributed by atoms with Gasteiger partial charge in [0.1, 0.15) is 5.75 Å². The molecule has 0 saturated carbocycles. The van der Waals surface area contributed by atoms with E-state index in [1.165, 1.54) is 0 Å². The molecule has 1 fully saturated rings. The molecular weight excluding hydrogens is 474 g/mol. The molecule has 6 nitrogen and oxygen atoms in total. The number of rotatable bonds is 7. The Morgan fingerprint density at radius 2 is 1.37 bits per heavy atom. The molecule has 0 unspecified atom stereocenters. The maximum absolute atomic E-state index is 13.7. The molecule has 0 spiro atoms. The Morgan fingerprint density at radius 3 is 1.91 bits per heavy atom. The highest BCUT2D eigenvalue weighted by molar-refractivity contribution is 7.89. The summed E-state index contributed by atoms with van der Waals surface area (Å²) in [7, 11) is -5.60. The second-order valence-electron chi connectivity index (χ2n) is 10.7. The number of phenols is 1. The van der Waals surface area contributed by atoms with Crippen molar-refractivity contribution in [1.29, 1.82) is 0 Å². The van der Waals surface area contributed by atoms with Crippen molar-refractivity contribution in [2.24, 2.45) is 0 Å². The highest BCUT2D eigenvalue weighted by atomic mass is 32.2.